The summed E-state index contributed by atoms with van der Waals surface area (Å²) in [7, 11) is 0. The van der Waals surface area contributed by atoms with E-state index in [1.54, 1.807) is 30.3 Å². The van der Waals surface area contributed by atoms with Gasteiger partial charge in [-0.15, -0.1) is 0 Å². The number of benzene rings is 1. The molecule has 0 fully saturated rings. The zero-order valence-electron chi connectivity index (χ0n) is 7.95. The molecule has 7 heteroatoms. The fourth-order valence-electron chi connectivity index (χ4n) is 0.895. The van der Waals surface area contributed by atoms with Crippen molar-refractivity contribution in [1.29, 1.82) is 0 Å². The van der Waals surface area contributed by atoms with Gasteiger partial charge in [-0.1, -0.05) is 53.0 Å². The van der Waals surface area contributed by atoms with E-state index >= 15 is 0 Å². The number of carbonyl (C=O) groups is 1. The second kappa shape index (κ2) is 5.59. The van der Waals surface area contributed by atoms with Crippen LogP contribution in [0.1, 0.15) is 0 Å². The van der Waals surface area contributed by atoms with E-state index in [2.05, 4.69) is 10.6 Å². The number of aliphatic hydroxyl groups is 1. The molecule has 4 nitrogen and oxygen atoms in total. The van der Waals surface area contributed by atoms with Gasteiger partial charge in [-0.25, -0.2) is 4.79 Å². The van der Waals surface area contributed by atoms with Crippen LogP contribution in [0.25, 0.3) is 0 Å². The predicted molar refractivity (Wildman–Crippen MR) is 64.9 cm³/mol. The van der Waals surface area contributed by atoms with Crippen molar-refractivity contribution in [3.05, 3.63) is 30.3 Å². The van der Waals surface area contributed by atoms with Crippen LogP contribution in [0, 0.1) is 0 Å². The Morgan fingerprint density at radius 3 is 2.31 bits per heavy atom. The Balaban J connectivity index is 2.49. The SMILES string of the molecule is O=C(Nc1ccccc1)N[C@@H](O)C(Cl)(Cl)Cl. The number of carbonyl (C=O) groups excluding carboxylic acids is 1. The topological polar surface area (TPSA) is 61.4 Å². The molecule has 0 saturated heterocycles. The third kappa shape index (κ3) is 4.45. The van der Waals surface area contributed by atoms with Crippen molar-refractivity contribution < 1.29 is 9.90 Å². The van der Waals surface area contributed by atoms with E-state index in [-0.39, 0.29) is 0 Å². The summed E-state index contributed by atoms with van der Waals surface area (Å²) in [5.41, 5.74) is 0.566. The first-order chi connectivity index (χ1) is 7.39. The summed E-state index contributed by atoms with van der Waals surface area (Å²) < 4.78 is -1.96. The van der Waals surface area contributed by atoms with Gasteiger partial charge in [-0.2, -0.15) is 0 Å². The Morgan fingerprint density at radius 2 is 1.81 bits per heavy atom. The van der Waals surface area contributed by atoms with Gasteiger partial charge in [0.05, 0.1) is 0 Å². The van der Waals surface area contributed by atoms with Crippen LogP contribution in [-0.4, -0.2) is 21.2 Å². The van der Waals surface area contributed by atoms with E-state index in [0.29, 0.717) is 5.69 Å². The Labute approximate surface area is 107 Å². The number of hydrogen-bond acceptors (Lipinski definition) is 2. The number of amides is 2. The number of urea groups is 1. The van der Waals surface area contributed by atoms with Gasteiger partial charge in [0.1, 0.15) is 0 Å². The summed E-state index contributed by atoms with van der Waals surface area (Å²) in [6.45, 7) is 0. The number of anilines is 1. The van der Waals surface area contributed by atoms with Gasteiger partial charge in [0.15, 0.2) is 6.23 Å². The van der Waals surface area contributed by atoms with Crippen LogP contribution in [0.3, 0.4) is 0 Å². The highest BCUT2D eigenvalue weighted by atomic mass is 35.6. The van der Waals surface area contributed by atoms with Crippen molar-refractivity contribution >= 4 is 46.5 Å². The summed E-state index contributed by atoms with van der Waals surface area (Å²) in [5, 5.41) is 13.8. The lowest BCUT2D eigenvalue weighted by molar-refractivity contribution is 0.148. The number of halogens is 3. The molecule has 0 aliphatic rings. The van der Waals surface area contributed by atoms with Crippen molar-refractivity contribution in [2.24, 2.45) is 0 Å². The van der Waals surface area contributed by atoms with Crippen molar-refractivity contribution in [3.63, 3.8) is 0 Å². The van der Waals surface area contributed by atoms with Gasteiger partial charge in [0, 0.05) is 5.69 Å². The zero-order chi connectivity index (χ0) is 12.2. The maximum absolute atomic E-state index is 11.3. The van der Waals surface area contributed by atoms with Gasteiger partial charge in [0.25, 0.3) is 0 Å². The van der Waals surface area contributed by atoms with Gasteiger partial charge < -0.3 is 15.7 Å². The maximum atomic E-state index is 11.3. The fourth-order valence-corrected chi connectivity index (χ4v) is 1.06. The normalized spacial score (nSPS) is 13.0. The first kappa shape index (κ1) is 13.4. The molecule has 1 atom stereocenters. The second-order valence-corrected chi connectivity index (χ2v) is 5.28. The minimum absolute atomic E-state index is 0.566. The Kier molecular flexibility index (Phi) is 4.68. The molecular weight excluding hydrogens is 274 g/mol. The van der Waals surface area contributed by atoms with Gasteiger partial charge in [0.2, 0.25) is 3.79 Å². The third-order valence-corrected chi connectivity index (χ3v) is 2.23. The van der Waals surface area contributed by atoms with Gasteiger partial charge >= 0.3 is 6.03 Å². The van der Waals surface area contributed by atoms with Crippen molar-refractivity contribution in [2.75, 3.05) is 5.32 Å². The number of rotatable bonds is 2. The average molecular weight is 284 g/mol. The van der Waals surface area contributed by atoms with E-state index in [4.69, 9.17) is 34.8 Å². The third-order valence-electron chi connectivity index (χ3n) is 1.61. The molecule has 0 saturated carbocycles. The number of para-hydroxylation sites is 1. The van der Waals surface area contributed by atoms with Crippen LogP contribution in [-0.2, 0) is 0 Å². The van der Waals surface area contributed by atoms with E-state index in [1.165, 1.54) is 0 Å². The molecule has 1 rings (SSSR count). The Bertz CT molecular complexity index is 354. The smallest absolute Gasteiger partial charge is 0.321 e. The molecule has 0 aromatic heterocycles. The van der Waals surface area contributed by atoms with E-state index in [1.807, 2.05) is 0 Å². The van der Waals surface area contributed by atoms with Crippen LogP contribution in [0.5, 0.6) is 0 Å². The second-order valence-electron chi connectivity index (χ2n) is 2.91. The number of aliphatic hydroxyl groups excluding tert-OH is 1. The lowest BCUT2D eigenvalue weighted by Crippen LogP contribution is -2.45. The average Bonchev–Trinajstić information content (AvgIpc) is 2.17. The molecule has 0 radical (unpaired) electrons. The summed E-state index contributed by atoms with van der Waals surface area (Å²) in [4.78, 5) is 11.3. The minimum Gasteiger partial charge on any atom is -0.369 e. The molecule has 1 aromatic carbocycles. The number of alkyl halides is 3. The highest BCUT2D eigenvalue weighted by Gasteiger charge is 2.32. The highest BCUT2D eigenvalue weighted by Crippen LogP contribution is 2.28. The molecule has 0 heterocycles. The molecule has 0 spiro atoms. The lowest BCUT2D eigenvalue weighted by Gasteiger charge is -2.20. The van der Waals surface area contributed by atoms with Crippen LogP contribution in [0.2, 0.25) is 0 Å². The molecular formula is C9H9Cl3N2O2. The maximum Gasteiger partial charge on any atom is 0.321 e. The van der Waals surface area contributed by atoms with Crippen LogP contribution in [0.15, 0.2) is 30.3 Å². The Hall–Kier alpha value is -0.680. The highest BCUT2D eigenvalue weighted by molar-refractivity contribution is 6.68. The number of nitrogens with one attached hydrogen (secondary N) is 2. The van der Waals surface area contributed by atoms with Crippen molar-refractivity contribution in [1.82, 2.24) is 5.32 Å². The predicted octanol–water partition coefficient (Wildman–Crippen LogP) is 2.50. The van der Waals surface area contributed by atoms with Gasteiger partial charge in [-0.05, 0) is 12.1 Å². The molecule has 88 valence electrons. The number of hydrogen-bond donors (Lipinski definition) is 3. The fraction of sp³-hybridized carbons (Fsp3) is 0.222. The molecule has 0 aliphatic heterocycles. The summed E-state index contributed by atoms with van der Waals surface area (Å²) in [6, 6.07) is 8.01. The largest absolute Gasteiger partial charge is 0.369 e. The van der Waals surface area contributed by atoms with Crippen molar-refractivity contribution in [2.45, 2.75) is 10.0 Å². The standard InChI is InChI=1S/C9H9Cl3N2O2/c10-9(11,12)7(15)14-8(16)13-6-4-2-1-3-5-6/h1-5,7,15H,(H2,13,14,16)/t7-/m0/s1. The van der Waals surface area contributed by atoms with Crippen molar-refractivity contribution in [3.8, 4) is 0 Å². The zero-order valence-corrected chi connectivity index (χ0v) is 10.2. The summed E-state index contributed by atoms with van der Waals surface area (Å²) in [5.74, 6) is 0. The van der Waals surface area contributed by atoms with Crippen LogP contribution in [0.4, 0.5) is 10.5 Å². The van der Waals surface area contributed by atoms with Crippen LogP contribution < -0.4 is 10.6 Å². The lowest BCUT2D eigenvalue weighted by atomic mass is 10.3. The van der Waals surface area contributed by atoms with Gasteiger partial charge in [-0.3, -0.25) is 0 Å². The molecule has 1 aromatic rings. The van der Waals surface area contributed by atoms with E-state index < -0.39 is 16.1 Å². The molecule has 3 N–H and O–H groups in total. The molecule has 0 unspecified atom stereocenters. The molecule has 0 bridgehead atoms. The van der Waals surface area contributed by atoms with E-state index in [0.717, 1.165) is 0 Å². The summed E-state index contributed by atoms with van der Waals surface area (Å²) >= 11 is 16.1. The minimum atomic E-state index is -1.96. The van der Waals surface area contributed by atoms with Crippen LogP contribution >= 0.6 is 34.8 Å². The first-order valence-corrected chi connectivity index (χ1v) is 5.40. The Morgan fingerprint density at radius 1 is 1.25 bits per heavy atom. The first-order valence-electron chi connectivity index (χ1n) is 4.27. The molecule has 16 heavy (non-hydrogen) atoms. The quantitative estimate of drug-likeness (QED) is 0.577. The molecule has 2 amide bonds. The van der Waals surface area contributed by atoms with E-state index in [9.17, 15) is 9.90 Å². The molecule has 0 aliphatic carbocycles. The monoisotopic (exact) mass is 282 g/mol. The summed E-state index contributed by atoms with van der Waals surface area (Å²) in [6.07, 6.45) is -1.58.